The van der Waals surface area contributed by atoms with Crippen molar-refractivity contribution in [2.75, 3.05) is 0 Å². The van der Waals surface area contributed by atoms with E-state index in [2.05, 4.69) is 18.7 Å². The van der Waals surface area contributed by atoms with E-state index >= 15 is 0 Å². The second-order valence-corrected chi connectivity index (χ2v) is 7.94. The van der Waals surface area contributed by atoms with Crippen LogP contribution in [-0.4, -0.2) is 33.1 Å². The number of fused-ring (bicyclic) bond motifs is 1. The maximum atomic E-state index is 11.0. The van der Waals surface area contributed by atoms with Crippen molar-refractivity contribution in [2.45, 2.75) is 71.2 Å². The molecule has 0 aromatic rings. The molecule has 130 valence electrons. The Balaban J connectivity index is 2.26. The first-order valence-corrected chi connectivity index (χ1v) is 8.71. The molecule has 6 atom stereocenters. The molecule has 2 aliphatic rings. The normalized spacial score (nSPS) is 36.7. The van der Waals surface area contributed by atoms with Crippen LogP contribution in [0, 0.1) is 17.8 Å². The first kappa shape index (κ1) is 18.4. The highest BCUT2D eigenvalue weighted by Crippen LogP contribution is 2.48. The lowest BCUT2D eigenvalue weighted by Crippen LogP contribution is -2.50. The Kier molecular flexibility index (Phi) is 5.55. The van der Waals surface area contributed by atoms with Crippen LogP contribution in [0.15, 0.2) is 35.5 Å². The third-order valence-corrected chi connectivity index (χ3v) is 5.72. The topological polar surface area (TPSA) is 60.7 Å². The van der Waals surface area contributed by atoms with Gasteiger partial charge in [0.2, 0.25) is 0 Å². The predicted molar refractivity (Wildman–Crippen MR) is 93.9 cm³/mol. The van der Waals surface area contributed by atoms with Gasteiger partial charge in [0, 0.05) is 11.8 Å². The lowest BCUT2D eigenvalue weighted by atomic mass is 9.73. The van der Waals surface area contributed by atoms with Crippen LogP contribution in [0.1, 0.15) is 53.4 Å². The zero-order valence-electron chi connectivity index (χ0n) is 14.9. The molecule has 2 aliphatic carbocycles. The van der Waals surface area contributed by atoms with Crippen LogP contribution in [0.25, 0.3) is 0 Å². The molecule has 0 heterocycles. The van der Waals surface area contributed by atoms with Crippen LogP contribution >= 0.6 is 0 Å². The van der Waals surface area contributed by atoms with Crippen molar-refractivity contribution in [2.24, 2.45) is 17.8 Å². The molecular weight excluding hydrogens is 288 g/mol. The molecule has 23 heavy (non-hydrogen) atoms. The Morgan fingerprint density at radius 1 is 1.39 bits per heavy atom. The highest BCUT2D eigenvalue weighted by molar-refractivity contribution is 5.26. The minimum atomic E-state index is -1.11. The molecule has 2 rings (SSSR count). The lowest BCUT2D eigenvalue weighted by Gasteiger charge is -2.40. The third kappa shape index (κ3) is 3.78. The number of allylic oxidation sites excluding steroid dienone is 3. The van der Waals surface area contributed by atoms with Gasteiger partial charge >= 0.3 is 0 Å². The van der Waals surface area contributed by atoms with Gasteiger partial charge in [-0.2, -0.15) is 0 Å². The van der Waals surface area contributed by atoms with Crippen LogP contribution < -0.4 is 0 Å². The van der Waals surface area contributed by atoms with Gasteiger partial charge in [0.05, 0.1) is 17.8 Å². The van der Waals surface area contributed by atoms with Gasteiger partial charge in [-0.05, 0) is 59.3 Å². The largest absolute Gasteiger partial charge is 0.392 e. The molecule has 2 unspecified atom stereocenters. The van der Waals surface area contributed by atoms with Gasteiger partial charge < -0.3 is 15.3 Å². The van der Waals surface area contributed by atoms with E-state index < -0.39 is 23.7 Å². The van der Waals surface area contributed by atoms with Crippen molar-refractivity contribution in [3.8, 4) is 0 Å². The van der Waals surface area contributed by atoms with Gasteiger partial charge in [-0.1, -0.05) is 35.5 Å². The van der Waals surface area contributed by atoms with Crippen molar-refractivity contribution in [1.29, 1.82) is 0 Å². The summed E-state index contributed by atoms with van der Waals surface area (Å²) >= 11 is 0. The van der Waals surface area contributed by atoms with E-state index in [-0.39, 0.29) is 11.8 Å². The van der Waals surface area contributed by atoms with Gasteiger partial charge in [-0.15, -0.1) is 0 Å². The number of hydrogen-bond acceptors (Lipinski definition) is 3. The Morgan fingerprint density at radius 3 is 2.65 bits per heavy atom. The Bertz CT molecular complexity index is 511. The van der Waals surface area contributed by atoms with E-state index in [4.69, 9.17) is 0 Å². The molecule has 3 nitrogen and oxygen atoms in total. The Morgan fingerprint density at radius 2 is 2.04 bits per heavy atom. The predicted octanol–water partition coefficient (Wildman–Crippen LogP) is 3.36. The zero-order valence-corrected chi connectivity index (χ0v) is 14.9. The van der Waals surface area contributed by atoms with E-state index in [1.165, 1.54) is 5.57 Å². The van der Waals surface area contributed by atoms with E-state index in [1.54, 1.807) is 6.92 Å². The standard InChI is InChI=1S/C20H32O3/c1-12(2)7-6-10-20(5,23)18-16(21)11-14(4)15-9-8-13(3)17(15)19(18)22/h7-8,15-19,21-23H,4,6,9-11H2,1-3,5H3/t15-,16-,17+,18+,19?,20?/m0/s1. The molecule has 0 spiro atoms. The number of hydrogen-bond donors (Lipinski definition) is 3. The number of aliphatic hydroxyl groups is 3. The molecule has 1 saturated carbocycles. The maximum Gasteiger partial charge on any atom is 0.0700 e. The fourth-order valence-electron chi connectivity index (χ4n) is 4.44. The molecule has 0 aromatic heterocycles. The van der Waals surface area contributed by atoms with Crippen LogP contribution in [-0.2, 0) is 0 Å². The molecule has 0 aliphatic heterocycles. The van der Waals surface area contributed by atoms with E-state index in [1.807, 2.05) is 20.8 Å². The average Bonchev–Trinajstić information content (AvgIpc) is 2.74. The summed E-state index contributed by atoms with van der Waals surface area (Å²) in [7, 11) is 0. The average molecular weight is 320 g/mol. The lowest BCUT2D eigenvalue weighted by molar-refractivity contribution is -0.121. The summed E-state index contributed by atoms with van der Waals surface area (Å²) in [5.74, 6) is -0.390. The van der Waals surface area contributed by atoms with Crippen LogP contribution in [0.5, 0.6) is 0 Å². The molecular formula is C20H32O3. The van der Waals surface area contributed by atoms with Gasteiger partial charge in [0.1, 0.15) is 0 Å². The summed E-state index contributed by atoms with van der Waals surface area (Å²) in [5, 5.41) is 32.7. The molecule has 3 N–H and O–H groups in total. The quantitative estimate of drug-likeness (QED) is 0.696. The fourth-order valence-corrected chi connectivity index (χ4v) is 4.44. The fraction of sp³-hybridized carbons (Fsp3) is 0.700. The van der Waals surface area contributed by atoms with Crippen LogP contribution in [0.4, 0.5) is 0 Å². The molecule has 3 heteroatoms. The summed E-state index contributed by atoms with van der Waals surface area (Å²) in [6, 6.07) is 0. The summed E-state index contributed by atoms with van der Waals surface area (Å²) in [5.41, 5.74) is 2.26. The number of aliphatic hydroxyl groups excluding tert-OH is 2. The van der Waals surface area contributed by atoms with Crippen molar-refractivity contribution >= 4 is 0 Å². The van der Waals surface area contributed by atoms with E-state index in [9.17, 15) is 15.3 Å². The summed E-state index contributed by atoms with van der Waals surface area (Å²) in [6.07, 6.45) is 5.38. The molecule has 0 amide bonds. The minimum Gasteiger partial charge on any atom is -0.392 e. The van der Waals surface area contributed by atoms with E-state index in [0.717, 1.165) is 24.0 Å². The molecule has 1 fully saturated rings. The summed E-state index contributed by atoms with van der Waals surface area (Å²) < 4.78 is 0. The van der Waals surface area contributed by atoms with Crippen molar-refractivity contribution in [1.82, 2.24) is 0 Å². The minimum absolute atomic E-state index is 0.0282. The van der Waals surface area contributed by atoms with Crippen LogP contribution in [0.3, 0.4) is 0 Å². The first-order valence-electron chi connectivity index (χ1n) is 8.71. The zero-order chi connectivity index (χ0) is 17.4. The number of rotatable bonds is 4. The molecule has 0 saturated heterocycles. The van der Waals surface area contributed by atoms with Gasteiger partial charge in [0.25, 0.3) is 0 Å². The summed E-state index contributed by atoms with van der Waals surface area (Å²) in [6.45, 7) is 12.0. The van der Waals surface area contributed by atoms with Crippen molar-refractivity contribution in [3.63, 3.8) is 0 Å². The van der Waals surface area contributed by atoms with Crippen LogP contribution in [0.2, 0.25) is 0 Å². The molecule has 0 radical (unpaired) electrons. The van der Waals surface area contributed by atoms with Gasteiger partial charge in [-0.25, -0.2) is 0 Å². The highest BCUT2D eigenvalue weighted by Gasteiger charge is 2.50. The highest BCUT2D eigenvalue weighted by atomic mass is 16.3. The second kappa shape index (κ2) is 6.92. The smallest absolute Gasteiger partial charge is 0.0700 e. The second-order valence-electron chi connectivity index (χ2n) is 7.94. The monoisotopic (exact) mass is 320 g/mol. The molecule has 0 bridgehead atoms. The third-order valence-electron chi connectivity index (χ3n) is 5.72. The SMILES string of the molecule is C=C1C[C@H](O)[C@@H](C(C)(O)CCC=C(C)C)C(O)[C@@H]2C(C)=CC[C@@H]12. The van der Waals surface area contributed by atoms with Crippen molar-refractivity contribution in [3.05, 3.63) is 35.5 Å². The Hall–Kier alpha value is -0.900. The van der Waals surface area contributed by atoms with Crippen molar-refractivity contribution < 1.29 is 15.3 Å². The first-order chi connectivity index (χ1) is 10.6. The summed E-state index contributed by atoms with van der Waals surface area (Å²) in [4.78, 5) is 0. The Labute approximate surface area is 140 Å². The maximum absolute atomic E-state index is 11.0. The van der Waals surface area contributed by atoms with E-state index in [0.29, 0.717) is 12.8 Å². The van der Waals surface area contributed by atoms with Gasteiger partial charge in [-0.3, -0.25) is 0 Å². The van der Waals surface area contributed by atoms with Gasteiger partial charge in [0.15, 0.2) is 0 Å². The molecule has 0 aromatic carbocycles.